The van der Waals surface area contributed by atoms with Crippen molar-refractivity contribution >= 4 is 0 Å². The molecule has 0 spiro atoms. The predicted octanol–water partition coefficient (Wildman–Crippen LogP) is 4.51. The van der Waals surface area contributed by atoms with Gasteiger partial charge in [0, 0.05) is 6.54 Å². The van der Waals surface area contributed by atoms with Crippen molar-refractivity contribution in [1.29, 1.82) is 0 Å². The summed E-state index contributed by atoms with van der Waals surface area (Å²) in [7, 11) is 0. The van der Waals surface area contributed by atoms with Crippen LogP contribution in [0.3, 0.4) is 0 Å². The van der Waals surface area contributed by atoms with Crippen LogP contribution in [0.5, 0.6) is 5.75 Å². The summed E-state index contributed by atoms with van der Waals surface area (Å²) in [6, 6.07) is 17.0. The molecule has 0 amide bonds. The van der Waals surface area contributed by atoms with E-state index in [1.54, 1.807) is 0 Å². The fourth-order valence-corrected chi connectivity index (χ4v) is 2.43. The van der Waals surface area contributed by atoms with E-state index in [0.717, 1.165) is 38.3 Å². The fraction of sp³-hybridized carbons (Fsp3) is 0.400. The van der Waals surface area contributed by atoms with E-state index < -0.39 is 0 Å². The van der Waals surface area contributed by atoms with Gasteiger partial charge in [0.25, 0.3) is 0 Å². The SMILES string of the molecule is CCCCOc1cccc(CNCCc2ccccc2C)c1. The van der Waals surface area contributed by atoms with E-state index in [4.69, 9.17) is 4.74 Å². The van der Waals surface area contributed by atoms with Crippen LogP contribution >= 0.6 is 0 Å². The van der Waals surface area contributed by atoms with Gasteiger partial charge in [-0.3, -0.25) is 0 Å². The number of ether oxygens (including phenoxy) is 1. The molecule has 0 fully saturated rings. The van der Waals surface area contributed by atoms with Crippen molar-refractivity contribution in [3.8, 4) is 5.75 Å². The zero-order valence-electron chi connectivity index (χ0n) is 13.8. The van der Waals surface area contributed by atoms with Crippen molar-refractivity contribution in [2.45, 2.75) is 39.7 Å². The highest BCUT2D eigenvalue weighted by Gasteiger charge is 1.99. The van der Waals surface area contributed by atoms with E-state index in [-0.39, 0.29) is 0 Å². The van der Waals surface area contributed by atoms with E-state index in [0.29, 0.717) is 0 Å². The van der Waals surface area contributed by atoms with Crippen LogP contribution in [0.2, 0.25) is 0 Å². The standard InChI is InChI=1S/C20H27NO/c1-3-4-14-22-20-11-7-9-18(15-20)16-21-13-12-19-10-6-5-8-17(19)2/h5-11,15,21H,3-4,12-14,16H2,1-2H3. The second-order valence-electron chi connectivity index (χ2n) is 5.70. The molecule has 118 valence electrons. The van der Waals surface area contributed by atoms with Gasteiger partial charge in [0.05, 0.1) is 6.61 Å². The van der Waals surface area contributed by atoms with Gasteiger partial charge in [0.15, 0.2) is 0 Å². The molecule has 2 rings (SSSR count). The van der Waals surface area contributed by atoms with Gasteiger partial charge in [0.2, 0.25) is 0 Å². The molecule has 0 aliphatic carbocycles. The van der Waals surface area contributed by atoms with Gasteiger partial charge in [-0.1, -0.05) is 49.7 Å². The largest absolute Gasteiger partial charge is 0.494 e. The Morgan fingerprint density at radius 3 is 2.73 bits per heavy atom. The number of rotatable bonds is 9. The minimum absolute atomic E-state index is 0.806. The summed E-state index contributed by atoms with van der Waals surface area (Å²) in [5.74, 6) is 0.978. The van der Waals surface area contributed by atoms with Crippen molar-refractivity contribution in [3.63, 3.8) is 0 Å². The number of hydrogen-bond acceptors (Lipinski definition) is 2. The topological polar surface area (TPSA) is 21.3 Å². The molecule has 0 bridgehead atoms. The summed E-state index contributed by atoms with van der Waals surface area (Å²) >= 11 is 0. The lowest BCUT2D eigenvalue weighted by Gasteiger charge is -2.09. The summed E-state index contributed by atoms with van der Waals surface area (Å²) in [6.07, 6.45) is 3.35. The van der Waals surface area contributed by atoms with Gasteiger partial charge >= 0.3 is 0 Å². The van der Waals surface area contributed by atoms with Gasteiger partial charge in [0.1, 0.15) is 5.75 Å². The van der Waals surface area contributed by atoms with Crippen LogP contribution in [0.15, 0.2) is 48.5 Å². The Kier molecular flexibility index (Phi) is 6.98. The van der Waals surface area contributed by atoms with Gasteiger partial charge in [-0.05, 0) is 55.1 Å². The number of unbranched alkanes of at least 4 members (excludes halogenated alkanes) is 1. The molecule has 0 unspecified atom stereocenters. The predicted molar refractivity (Wildman–Crippen MR) is 93.4 cm³/mol. The summed E-state index contributed by atoms with van der Waals surface area (Å²) in [4.78, 5) is 0. The molecule has 0 saturated carbocycles. The van der Waals surface area contributed by atoms with Crippen LogP contribution in [-0.2, 0) is 13.0 Å². The van der Waals surface area contributed by atoms with Gasteiger partial charge in [-0.25, -0.2) is 0 Å². The van der Waals surface area contributed by atoms with E-state index in [2.05, 4.69) is 61.6 Å². The molecular formula is C20H27NO. The lowest BCUT2D eigenvalue weighted by molar-refractivity contribution is 0.309. The molecule has 0 radical (unpaired) electrons. The molecule has 2 aromatic rings. The molecule has 0 heterocycles. The van der Waals surface area contributed by atoms with E-state index in [1.165, 1.54) is 23.1 Å². The minimum atomic E-state index is 0.806. The van der Waals surface area contributed by atoms with Crippen molar-refractivity contribution in [3.05, 3.63) is 65.2 Å². The van der Waals surface area contributed by atoms with Crippen LogP contribution in [0, 0.1) is 6.92 Å². The Balaban J connectivity index is 1.75. The first-order valence-electron chi connectivity index (χ1n) is 8.26. The normalized spacial score (nSPS) is 10.6. The minimum Gasteiger partial charge on any atom is -0.494 e. The fourth-order valence-electron chi connectivity index (χ4n) is 2.43. The van der Waals surface area contributed by atoms with Crippen molar-refractivity contribution < 1.29 is 4.74 Å². The Labute approximate surface area is 134 Å². The van der Waals surface area contributed by atoms with E-state index in [9.17, 15) is 0 Å². The third-order valence-corrected chi connectivity index (χ3v) is 3.83. The molecule has 0 atom stereocenters. The van der Waals surface area contributed by atoms with Gasteiger partial charge < -0.3 is 10.1 Å². The number of benzene rings is 2. The third kappa shape index (κ3) is 5.53. The molecule has 0 saturated heterocycles. The average molecular weight is 297 g/mol. The number of nitrogens with one attached hydrogen (secondary N) is 1. The Morgan fingerprint density at radius 2 is 1.91 bits per heavy atom. The smallest absolute Gasteiger partial charge is 0.119 e. The Bertz CT molecular complexity index is 565. The Hall–Kier alpha value is -1.80. The number of aryl methyl sites for hydroxylation is 1. The van der Waals surface area contributed by atoms with Crippen molar-refractivity contribution in [2.75, 3.05) is 13.2 Å². The maximum atomic E-state index is 5.75. The molecular weight excluding hydrogens is 270 g/mol. The zero-order valence-corrected chi connectivity index (χ0v) is 13.8. The zero-order chi connectivity index (χ0) is 15.6. The van der Waals surface area contributed by atoms with Crippen LogP contribution in [0.4, 0.5) is 0 Å². The van der Waals surface area contributed by atoms with Crippen LogP contribution in [0.25, 0.3) is 0 Å². The second kappa shape index (κ2) is 9.26. The second-order valence-corrected chi connectivity index (χ2v) is 5.70. The first kappa shape index (κ1) is 16.6. The quantitative estimate of drug-likeness (QED) is 0.688. The molecule has 0 aliphatic heterocycles. The highest BCUT2D eigenvalue weighted by atomic mass is 16.5. The first-order valence-corrected chi connectivity index (χ1v) is 8.26. The summed E-state index contributed by atoms with van der Waals surface area (Å²) < 4.78 is 5.75. The molecule has 0 aliphatic rings. The molecule has 2 aromatic carbocycles. The molecule has 22 heavy (non-hydrogen) atoms. The van der Waals surface area contributed by atoms with Crippen LogP contribution in [-0.4, -0.2) is 13.2 Å². The highest BCUT2D eigenvalue weighted by Crippen LogP contribution is 2.14. The number of hydrogen-bond donors (Lipinski definition) is 1. The summed E-state index contributed by atoms with van der Waals surface area (Å²) in [5.41, 5.74) is 4.07. The molecule has 2 nitrogen and oxygen atoms in total. The Morgan fingerprint density at radius 1 is 1.05 bits per heavy atom. The highest BCUT2D eigenvalue weighted by molar-refractivity contribution is 5.28. The van der Waals surface area contributed by atoms with Crippen molar-refractivity contribution in [2.24, 2.45) is 0 Å². The van der Waals surface area contributed by atoms with Crippen LogP contribution < -0.4 is 10.1 Å². The van der Waals surface area contributed by atoms with Crippen molar-refractivity contribution in [1.82, 2.24) is 5.32 Å². The average Bonchev–Trinajstić information content (AvgIpc) is 2.54. The maximum Gasteiger partial charge on any atom is 0.119 e. The molecule has 2 heteroatoms. The lowest BCUT2D eigenvalue weighted by Crippen LogP contribution is -2.17. The van der Waals surface area contributed by atoms with Crippen LogP contribution in [0.1, 0.15) is 36.5 Å². The summed E-state index contributed by atoms with van der Waals surface area (Å²) in [6.45, 7) is 7.04. The van der Waals surface area contributed by atoms with Gasteiger partial charge in [-0.15, -0.1) is 0 Å². The molecule has 0 aromatic heterocycles. The van der Waals surface area contributed by atoms with E-state index >= 15 is 0 Å². The maximum absolute atomic E-state index is 5.75. The molecule has 1 N–H and O–H groups in total. The van der Waals surface area contributed by atoms with E-state index in [1.807, 2.05) is 6.07 Å². The monoisotopic (exact) mass is 297 g/mol. The lowest BCUT2D eigenvalue weighted by atomic mass is 10.1. The summed E-state index contributed by atoms with van der Waals surface area (Å²) in [5, 5.41) is 3.52. The van der Waals surface area contributed by atoms with Gasteiger partial charge in [-0.2, -0.15) is 0 Å². The third-order valence-electron chi connectivity index (χ3n) is 3.83. The first-order chi connectivity index (χ1) is 10.8.